The summed E-state index contributed by atoms with van der Waals surface area (Å²) in [6, 6.07) is 0. The van der Waals surface area contributed by atoms with Crippen molar-refractivity contribution in [2.24, 2.45) is 0 Å². The number of rotatable bonds is 47. The minimum atomic E-state index is -4.53. The largest absolute Gasteiger partial charge is 0.756 e. The molecule has 0 heterocycles. The topological polar surface area (TPSA) is 94.1 Å². The molecule has 2 atom stereocenters. The summed E-state index contributed by atoms with van der Waals surface area (Å²) in [5, 5.41) is 0. The zero-order chi connectivity index (χ0) is 44.1. The van der Waals surface area contributed by atoms with Gasteiger partial charge in [-0.1, -0.05) is 204 Å². The Labute approximate surface area is 372 Å². The molecule has 354 valence electrons. The number of allylic oxidation sites excluding steroid dienone is 6. The Morgan fingerprint density at radius 1 is 0.517 bits per heavy atom. The van der Waals surface area contributed by atoms with E-state index in [1.54, 1.807) is 0 Å². The van der Waals surface area contributed by atoms with E-state index in [0.29, 0.717) is 24.1 Å². The molecule has 0 aromatic heterocycles. The number of esters is 1. The van der Waals surface area contributed by atoms with E-state index in [4.69, 9.17) is 18.5 Å². The number of unbranched alkanes of at least 4 members (excludes halogenated alkanes) is 27. The highest BCUT2D eigenvalue weighted by Crippen LogP contribution is 2.38. The number of phosphoric acid groups is 1. The van der Waals surface area contributed by atoms with Gasteiger partial charge in [0, 0.05) is 13.0 Å². The number of nitrogens with zero attached hydrogens (tertiary/aromatic N) is 1. The monoisotopic (exact) mass is 868 g/mol. The molecule has 0 aliphatic heterocycles. The molecule has 0 aliphatic rings. The fourth-order valence-corrected chi connectivity index (χ4v) is 7.75. The molecule has 0 aliphatic carbocycles. The number of carbonyl (C=O) groups excluding carboxylic acids is 1. The number of carbonyl (C=O) groups is 1. The first kappa shape index (κ1) is 58.7. The summed E-state index contributed by atoms with van der Waals surface area (Å²) in [6.07, 6.45) is 53.0. The van der Waals surface area contributed by atoms with Gasteiger partial charge >= 0.3 is 5.97 Å². The number of hydrogen-bond donors (Lipinski definition) is 0. The van der Waals surface area contributed by atoms with Crippen molar-refractivity contribution in [3.05, 3.63) is 36.5 Å². The van der Waals surface area contributed by atoms with Crippen LogP contribution in [0.3, 0.4) is 0 Å². The maximum atomic E-state index is 12.7. The number of hydrogen-bond acceptors (Lipinski definition) is 7. The van der Waals surface area contributed by atoms with Crippen LogP contribution >= 0.6 is 7.82 Å². The molecule has 0 saturated heterocycles. The summed E-state index contributed by atoms with van der Waals surface area (Å²) >= 11 is 0. The first-order chi connectivity index (χ1) is 29.1. The van der Waals surface area contributed by atoms with Crippen molar-refractivity contribution < 1.29 is 37.3 Å². The van der Waals surface area contributed by atoms with E-state index >= 15 is 0 Å². The molecule has 8 nitrogen and oxygen atoms in total. The standard InChI is InChI=1S/C51H98NO7P/c1-6-8-10-12-14-16-18-20-22-24-25-26-27-28-29-31-33-35-37-39-41-43-46-56-48-50(49-58-60(54,55)57-47-45-52(3,4)5)59-51(53)44-42-40-38-36-34-32-30-23-21-19-17-15-13-11-9-7-2/h18,20,24-25,27-28,50H,6-17,19,21-23,26,29-49H2,1-5H3/b20-18-,25-24-,28-27-. The van der Waals surface area contributed by atoms with Crippen LogP contribution in [0.1, 0.15) is 226 Å². The Hall–Kier alpha value is -1.28. The van der Waals surface area contributed by atoms with Gasteiger partial charge in [0.1, 0.15) is 19.3 Å². The van der Waals surface area contributed by atoms with Crippen molar-refractivity contribution in [2.45, 2.75) is 232 Å². The van der Waals surface area contributed by atoms with Crippen LogP contribution in [0.2, 0.25) is 0 Å². The maximum Gasteiger partial charge on any atom is 0.306 e. The molecule has 0 spiro atoms. The minimum absolute atomic E-state index is 0.0250. The third-order valence-corrected chi connectivity index (χ3v) is 11.9. The van der Waals surface area contributed by atoms with E-state index in [-0.39, 0.29) is 25.8 Å². The van der Waals surface area contributed by atoms with Crippen LogP contribution in [-0.4, -0.2) is 70.7 Å². The second kappa shape index (κ2) is 44.3. The van der Waals surface area contributed by atoms with Gasteiger partial charge in [0.05, 0.1) is 34.4 Å². The summed E-state index contributed by atoms with van der Waals surface area (Å²) in [7, 11) is 1.36. The zero-order valence-electron chi connectivity index (χ0n) is 40.2. The lowest BCUT2D eigenvalue weighted by molar-refractivity contribution is -0.870. The first-order valence-corrected chi connectivity index (χ1v) is 26.7. The summed E-state index contributed by atoms with van der Waals surface area (Å²) in [5.74, 6) is -0.335. The van der Waals surface area contributed by atoms with Gasteiger partial charge in [-0.3, -0.25) is 9.36 Å². The Kier molecular flexibility index (Phi) is 43.4. The molecule has 0 aromatic carbocycles. The van der Waals surface area contributed by atoms with E-state index in [2.05, 4.69) is 50.3 Å². The third kappa shape index (κ3) is 47.8. The Balaban J connectivity index is 4.16. The molecule has 2 unspecified atom stereocenters. The van der Waals surface area contributed by atoms with Gasteiger partial charge in [-0.2, -0.15) is 0 Å². The van der Waals surface area contributed by atoms with Crippen LogP contribution in [0.15, 0.2) is 36.5 Å². The molecular weight excluding hydrogens is 770 g/mol. The van der Waals surface area contributed by atoms with Crippen molar-refractivity contribution in [1.82, 2.24) is 0 Å². The lowest BCUT2D eigenvalue weighted by Gasteiger charge is -2.28. The predicted molar refractivity (Wildman–Crippen MR) is 254 cm³/mol. The van der Waals surface area contributed by atoms with Crippen molar-refractivity contribution in [1.29, 1.82) is 0 Å². The summed E-state index contributed by atoms with van der Waals surface area (Å²) in [6.45, 7) is 5.41. The minimum Gasteiger partial charge on any atom is -0.756 e. The smallest absolute Gasteiger partial charge is 0.306 e. The fraction of sp³-hybridized carbons (Fsp3) is 0.863. The Morgan fingerprint density at radius 3 is 1.37 bits per heavy atom. The second-order valence-electron chi connectivity index (χ2n) is 18.2. The van der Waals surface area contributed by atoms with Gasteiger partial charge in [0.15, 0.2) is 0 Å². The van der Waals surface area contributed by atoms with Crippen LogP contribution in [0.4, 0.5) is 0 Å². The SMILES string of the molecule is CCCCCCC/C=C\C/C=C\C/C=C\CCCCCCCCCOCC(COP(=O)([O-])OCC[N+](C)(C)C)OC(=O)CCCCCCCCCCCCCCCCCC. The van der Waals surface area contributed by atoms with E-state index in [9.17, 15) is 14.3 Å². The molecule has 60 heavy (non-hydrogen) atoms. The van der Waals surface area contributed by atoms with E-state index in [1.807, 2.05) is 21.1 Å². The van der Waals surface area contributed by atoms with Crippen molar-refractivity contribution >= 4 is 13.8 Å². The molecular formula is C51H98NO7P. The van der Waals surface area contributed by atoms with Gasteiger partial charge in [0.25, 0.3) is 7.82 Å². The molecule has 0 aromatic rings. The quantitative estimate of drug-likeness (QED) is 0.0198. The Morgan fingerprint density at radius 2 is 0.917 bits per heavy atom. The molecule has 0 bridgehead atoms. The second-order valence-corrected chi connectivity index (χ2v) is 19.6. The molecule has 0 N–H and O–H groups in total. The van der Waals surface area contributed by atoms with Crippen LogP contribution in [0, 0.1) is 0 Å². The predicted octanol–water partition coefficient (Wildman–Crippen LogP) is 14.7. The lowest BCUT2D eigenvalue weighted by Crippen LogP contribution is -2.37. The van der Waals surface area contributed by atoms with Crippen LogP contribution in [0.25, 0.3) is 0 Å². The number of likely N-dealkylation sites (N-methyl/N-ethyl adjacent to an activating group) is 1. The molecule has 0 saturated carbocycles. The van der Waals surface area contributed by atoms with Crippen LogP contribution < -0.4 is 4.89 Å². The molecule has 0 radical (unpaired) electrons. The molecule has 9 heteroatoms. The Bertz CT molecular complexity index is 1060. The van der Waals surface area contributed by atoms with Gasteiger partial charge in [0.2, 0.25) is 0 Å². The average Bonchev–Trinajstić information content (AvgIpc) is 3.20. The normalized spacial score (nSPS) is 13.9. The summed E-state index contributed by atoms with van der Waals surface area (Å²) in [5.41, 5.74) is 0. The number of phosphoric ester groups is 1. The lowest BCUT2D eigenvalue weighted by atomic mass is 10.0. The highest BCUT2D eigenvalue weighted by Gasteiger charge is 2.20. The third-order valence-electron chi connectivity index (χ3n) is 10.9. The average molecular weight is 868 g/mol. The summed E-state index contributed by atoms with van der Waals surface area (Å²) in [4.78, 5) is 25.1. The maximum absolute atomic E-state index is 12.7. The van der Waals surface area contributed by atoms with Gasteiger partial charge in [-0.25, -0.2) is 0 Å². The number of ether oxygens (including phenoxy) is 2. The molecule has 0 fully saturated rings. The van der Waals surface area contributed by atoms with E-state index < -0.39 is 13.9 Å². The van der Waals surface area contributed by atoms with Gasteiger partial charge in [-0.05, 0) is 51.4 Å². The van der Waals surface area contributed by atoms with Crippen LogP contribution in [-0.2, 0) is 27.9 Å². The first-order valence-electron chi connectivity index (χ1n) is 25.2. The summed E-state index contributed by atoms with van der Waals surface area (Å²) < 4.78 is 34.7. The highest BCUT2D eigenvalue weighted by atomic mass is 31.2. The van der Waals surface area contributed by atoms with Gasteiger partial charge in [-0.15, -0.1) is 0 Å². The van der Waals surface area contributed by atoms with Gasteiger partial charge < -0.3 is 27.9 Å². The molecule has 0 amide bonds. The fourth-order valence-electron chi connectivity index (χ4n) is 7.03. The van der Waals surface area contributed by atoms with E-state index in [0.717, 1.165) is 51.4 Å². The highest BCUT2D eigenvalue weighted by molar-refractivity contribution is 7.45. The number of quaternary nitrogens is 1. The van der Waals surface area contributed by atoms with Crippen LogP contribution in [0.5, 0.6) is 0 Å². The zero-order valence-corrected chi connectivity index (χ0v) is 41.1. The van der Waals surface area contributed by atoms with E-state index in [1.165, 1.54) is 154 Å². The molecule has 0 rings (SSSR count). The van der Waals surface area contributed by atoms with Crippen molar-refractivity contribution in [2.75, 3.05) is 54.1 Å². The van der Waals surface area contributed by atoms with Crippen molar-refractivity contribution in [3.8, 4) is 0 Å². The van der Waals surface area contributed by atoms with Crippen molar-refractivity contribution in [3.63, 3.8) is 0 Å².